The van der Waals surface area contributed by atoms with Gasteiger partial charge in [-0.1, -0.05) is 30.3 Å². The highest BCUT2D eigenvalue weighted by Crippen LogP contribution is 2.28. The molecule has 5 nitrogen and oxygen atoms in total. The zero-order valence-corrected chi connectivity index (χ0v) is 13.8. The summed E-state index contributed by atoms with van der Waals surface area (Å²) < 4.78 is 11.3. The molecule has 0 radical (unpaired) electrons. The Morgan fingerprint density at radius 3 is 2.56 bits per heavy atom. The molecule has 5 heteroatoms. The Morgan fingerprint density at radius 2 is 1.76 bits per heavy atom. The lowest BCUT2D eigenvalue weighted by atomic mass is 10.2. The van der Waals surface area contributed by atoms with Crippen molar-refractivity contribution < 1.29 is 14.3 Å². The minimum atomic E-state index is -0.282. The number of nitrogens with one attached hydrogen (secondary N) is 1. The standard InChI is InChI=1S/C20H18N2O3/c1-2-24-18-13-7-6-11-16(18)19(23)22-17-12-8-14-21-20(17)25-15-9-4-3-5-10-15/h3-14H,2H2,1H3,(H,22,23). The molecule has 0 spiro atoms. The Hall–Kier alpha value is -3.34. The lowest BCUT2D eigenvalue weighted by molar-refractivity contribution is 0.102. The van der Waals surface area contributed by atoms with Crippen molar-refractivity contribution in [1.82, 2.24) is 4.98 Å². The van der Waals surface area contributed by atoms with Gasteiger partial charge in [0.15, 0.2) is 0 Å². The molecule has 2 aromatic carbocycles. The molecule has 0 fully saturated rings. The monoisotopic (exact) mass is 334 g/mol. The fraction of sp³-hybridized carbons (Fsp3) is 0.100. The summed E-state index contributed by atoms with van der Waals surface area (Å²) in [4.78, 5) is 16.9. The van der Waals surface area contributed by atoms with Crippen molar-refractivity contribution in [3.63, 3.8) is 0 Å². The van der Waals surface area contributed by atoms with Crippen molar-refractivity contribution in [3.05, 3.63) is 78.5 Å². The largest absolute Gasteiger partial charge is 0.493 e. The second kappa shape index (κ2) is 7.97. The topological polar surface area (TPSA) is 60.5 Å². The van der Waals surface area contributed by atoms with Gasteiger partial charge in [0.05, 0.1) is 12.2 Å². The summed E-state index contributed by atoms with van der Waals surface area (Å²) in [6.07, 6.45) is 1.61. The van der Waals surface area contributed by atoms with Crippen LogP contribution in [0, 0.1) is 0 Å². The van der Waals surface area contributed by atoms with Gasteiger partial charge in [-0.15, -0.1) is 0 Å². The quantitative estimate of drug-likeness (QED) is 0.720. The number of benzene rings is 2. The van der Waals surface area contributed by atoms with E-state index in [2.05, 4.69) is 10.3 Å². The van der Waals surface area contributed by atoms with Crippen LogP contribution in [0.15, 0.2) is 72.9 Å². The van der Waals surface area contributed by atoms with Gasteiger partial charge in [0.2, 0.25) is 5.88 Å². The zero-order chi connectivity index (χ0) is 17.5. The van der Waals surface area contributed by atoms with Gasteiger partial charge in [-0.05, 0) is 43.3 Å². The van der Waals surface area contributed by atoms with Crippen LogP contribution in [0.25, 0.3) is 0 Å². The van der Waals surface area contributed by atoms with E-state index >= 15 is 0 Å². The molecular formula is C20H18N2O3. The van der Waals surface area contributed by atoms with Crippen molar-refractivity contribution in [3.8, 4) is 17.4 Å². The van der Waals surface area contributed by atoms with Crippen molar-refractivity contribution >= 4 is 11.6 Å². The highest BCUT2D eigenvalue weighted by atomic mass is 16.5. The van der Waals surface area contributed by atoms with Gasteiger partial charge in [0.1, 0.15) is 17.2 Å². The van der Waals surface area contributed by atoms with Gasteiger partial charge < -0.3 is 14.8 Å². The number of ether oxygens (including phenoxy) is 2. The van der Waals surface area contributed by atoms with Crippen molar-refractivity contribution in [2.24, 2.45) is 0 Å². The second-order valence-electron chi connectivity index (χ2n) is 5.15. The smallest absolute Gasteiger partial charge is 0.259 e. The molecule has 1 aromatic heterocycles. The lowest BCUT2D eigenvalue weighted by Gasteiger charge is -2.13. The van der Waals surface area contributed by atoms with Crippen molar-refractivity contribution in [2.75, 3.05) is 11.9 Å². The van der Waals surface area contributed by atoms with E-state index in [1.807, 2.05) is 43.3 Å². The summed E-state index contributed by atoms with van der Waals surface area (Å²) in [5, 5.41) is 2.84. The van der Waals surface area contributed by atoms with E-state index in [0.29, 0.717) is 35.2 Å². The average molecular weight is 334 g/mol. The van der Waals surface area contributed by atoms with Crippen LogP contribution in [0.5, 0.6) is 17.4 Å². The van der Waals surface area contributed by atoms with Crippen molar-refractivity contribution in [2.45, 2.75) is 6.92 Å². The molecular weight excluding hydrogens is 316 g/mol. The number of para-hydroxylation sites is 2. The Bertz CT molecular complexity index is 850. The summed E-state index contributed by atoms with van der Waals surface area (Å²) >= 11 is 0. The van der Waals surface area contributed by atoms with Crippen LogP contribution in [0.1, 0.15) is 17.3 Å². The van der Waals surface area contributed by atoms with Gasteiger partial charge in [-0.3, -0.25) is 4.79 Å². The number of pyridine rings is 1. The molecule has 0 unspecified atom stereocenters. The van der Waals surface area contributed by atoms with E-state index < -0.39 is 0 Å². The predicted molar refractivity (Wildman–Crippen MR) is 96.3 cm³/mol. The second-order valence-corrected chi connectivity index (χ2v) is 5.15. The number of rotatable bonds is 6. The van der Waals surface area contributed by atoms with Crippen LogP contribution in [0.2, 0.25) is 0 Å². The molecule has 0 aliphatic heterocycles. The Balaban J connectivity index is 1.83. The number of hydrogen-bond acceptors (Lipinski definition) is 4. The summed E-state index contributed by atoms with van der Waals surface area (Å²) in [6, 6.07) is 19.9. The molecule has 1 heterocycles. The van der Waals surface area contributed by atoms with Crippen LogP contribution in [0.4, 0.5) is 5.69 Å². The SMILES string of the molecule is CCOc1ccccc1C(=O)Nc1cccnc1Oc1ccccc1. The minimum Gasteiger partial charge on any atom is -0.493 e. The first kappa shape index (κ1) is 16.5. The number of hydrogen-bond donors (Lipinski definition) is 1. The van der Waals surface area contributed by atoms with E-state index in [1.54, 1.807) is 36.5 Å². The fourth-order valence-electron chi connectivity index (χ4n) is 2.29. The maximum atomic E-state index is 12.6. The number of anilines is 1. The number of amides is 1. The highest BCUT2D eigenvalue weighted by molar-refractivity contribution is 6.06. The molecule has 0 aliphatic rings. The number of nitrogens with zero attached hydrogens (tertiary/aromatic N) is 1. The highest BCUT2D eigenvalue weighted by Gasteiger charge is 2.15. The molecule has 0 atom stereocenters. The third-order valence-electron chi connectivity index (χ3n) is 3.41. The van der Waals surface area contributed by atoms with Crippen LogP contribution in [-0.4, -0.2) is 17.5 Å². The Morgan fingerprint density at radius 1 is 1.00 bits per heavy atom. The van der Waals surface area contributed by atoms with Crippen molar-refractivity contribution in [1.29, 1.82) is 0 Å². The summed E-state index contributed by atoms with van der Waals surface area (Å²) in [7, 11) is 0. The summed E-state index contributed by atoms with van der Waals surface area (Å²) in [6.45, 7) is 2.36. The third-order valence-corrected chi connectivity index (χ3v) is 3.41. The van der Waals surface area contributed by atoms with Gasteiger partial charge in [0.25, 0.3) is 5.91 Å². The summed E-state index contributed by atoms with van der Waals surface area (Å²) in [5.74, 6) is 1.23. The number of carbonyl (C=O) groups is 1. The van der Waals surface area contributed by atoms with Gasteiger partial charge in [-0.25, -0.2) is 4.98 Å². The lowest BCUT2D eigenvalue weighted by Crippen LogP contribution is -2.14. The van der Waals surface area contributed by atoms with Crippen LogP contribution < -0.4 is 14.8 Å². The molecule has 126 valence electrons. The minimum absolute atomic E-state index is 0.282. The first-order valence-electron chi connectivity index (χ1n) is 7.99. The maximum absolute atomic E-state index is 12.6. The van der Waals surface area contributed by atoms with Crippen LogP contribution in [0.3, 0.4) is 0 Å². The van der Waals surface area contributed by atoms with Crippen LogP contribution >= 0.6 is 0 Å². The summed E-state index contributed by atoms with van der Waals surface area (Å²) in [5.41, 5.74) is 0.946. The molecule has 0 bridgehead atoms. The van der Waals surface area contributed by atoms with Gasteiger partial charge in [0, 0.05) is 6.20 Å². The fourth-order valence-corrected chi connectivity index (χ4v) is 2.29. The van der Waals surface area contributed by atoms with E-state index in [4.69, 9.17) is 9.47 Å². The van der Waals surface area contributed by atoms with E-state index in [0.717, 1.165) is 0 Å². The predicted octanol–water partition coefficient (Wildman–Crippen LogP) is 4.52. The maximum Gasteiger partial charge on any atom is 0.259 e. The molecule has 0 saturated heterocycles. The zero-order valence-electron chi connectivity index (χ0n) is 13.8. The van der Waals surface area contributed by atoms with E-state index in [1.165, 1.54) is 0 Å². The molecule has 0 saturated carbocycles. The van der Waals surface area contributed by atoms with Gasteiger partial charge >= 0.3 is 0 Å². The molecule has 25 heavy (non-hydrogen) atoms. The Kier molecular flexibility index (Phi) is 5.26. The molecule has 3 rings (SSSR count). The van der Waals surface area contributed by atoms with E-state index in [9.17, 15) is 4.79 Å². The number of carbonyl (C=O) groups excluding carboxylic acids is 1. The molecule has 3 aromatic rings. The number of aromatic nitrogens is 1. The first-order chi connectivity index (χ1) is 12.3. The first-order valence-corrected chi connectivity index (χ1v) is 7.99. The Labute approximate surface area is 146 Å². The van der Waals surface area contributed by atoms with Gasteiger partial charge in [-0.2, -0.15) is 0 Å². The third kappa shape index (κ3) is 4.14. The normalized spacial score (nSPS) is 10.1. The molecule has 1 amide bonds. The molecule has 1 N–H and O–H groups in total. The molecule has 0 aliphatic carbocycles. The average Bonchev–Trinajstić information content (AvgIpc) is 2.65. The van der Waals surface area contributed by atoms with Crippen LogP contribution in [-0.2, 0) is 0 Å². The van der Waals surface area contributed by atoms with E-state index in [-0.39, 0.29) is 5.91 Å².